The van der Waals surface area contributed by atoms with Crippen LogP contribution in [0.2, 0.25) is 16.6 Å². The Kier molecular flexibility index (Phi) is 7.02. The average molecular weight is 416 g/mol. The molecule has 0 aliphatic carbocycles. The molecular weight excluding hydrogens is 378 g/mol. The van der Waals surface area contributed by atoms with Crippen molar-refractivity contribution >= 4 is 14.3 Å². The highest BCUT2D eigenvalue weighted by Crippen LogP contribution is 2.44. The van der Waals surface area contributed by atoms with Crippen LogP contribution in [0.1, 0.15) is 58.3 Å². The number of hydrogen-bond acceptors (Lipinski definition) is 4. The second-order valence-electron chi connectivity index (χ2n) is 9.44. The number of ether oxygens (including phenoxy) is 1. The zero-order chi connectivity index (χ0) is 21.2. The van der Waals surface area contributed by atoms with Gasteiger partial charge < -0.3 is 9.16 Å². The summed E-state index contributed by atoms with van der Waals surface area (Å²) in [5, 5.41) is 0. The van der Waals surface area contributed by atoms with Gasteiger partial charge in [-0.3, -0.25) is 4.90 Å². The summed E-state index contributed by atoms with van der Waals surface area (Å²) in [6, 6.07) is 9.52. The summed E-state index contributed by atoms with van der Waals surface area (Å²) in [5.41, 5.74) is 2.36. The first-order valence-corrected chi connectivity index (χ1v) is 13.3. The molecule has 3 atom stereocenters. The van der Waals surface area contributed by atoms with Crippen LogP contribution in [0.5, 0.6) is 0 Å². The van der Waals surface area contributed by atoms with E-state index in [2.05, 4.69) is 58.6 Å². The molecule has 0 bridgehead atoms. The minimum absolute atomic E-state index is 0.194. The quantitative estimate of drug-likeness (QED) is 0.339. The summed E-state index contributed by atoms with van der Waals surface area (Å²) >= 11 is 0. The molecule has 1 aromatic carbocycles. The van der Waals surface area contributed by atoms with E-state index in [1.807, 2.05) is 18.2 Å². The number of esters is 1. The summed E-state index contributed by atoms with van der Waals surface area (Å²) in [6.07, 6.45) is 5.38. The van der Waals surface area contributed by atoms with Crippen LogP contribution >= 0.6 is 0 Å². The zero-order valence-corrected chi connectivity index (χ0v) is 19.8. The molecule has 0 amide bonds. The van der Waals surface area contributed by atoms with Gasteiger partial charge in [-0.25, -0.2) is 4.79 Å². The van der Waals surface area contributed by atoms with Crippen LogP contribution in [-0.4, -0.2) is 50.5 Å². The summed E-state index contributed by atoms with van der Waals surface area (Å²) in [5.74, 6) is -0.253. The van der Waals surface area contributed by atoms with Crippen molar-refractivity contribution in [2.75, 3.05) is 13.1 Å². The van der Waals surface area contributed by atoms with E-state index in [1.165, 1.54) is 0 Å². The SMILES string of the molecule is CC(C)[Si](O[C@H]1CCN2C[C@H](OC(=O)c3ccccc3)C=C[C@@H]12)(C(C)C)C(C)C. The molecule has 4 nitrogen and oxygen atoms in total. The molecular formula is C24H37NO3Si. The van der Waals surface area contributed by atoms with Gasteiger partial charge in [0.15, 0.2) is 0 Å². The van der Waals surface area contributed by atoms with Crippen LogP contribution in [0, 0.1) is 0 Å². The number of fused-ring (bicyclic) bond motifs is 1. The van der Waals surface area contributed by atoms with E-state index in [1.54, 1.807) is 12.1 Å². The topological polar surface area (TPSA) is 38.8 Å². The maximum Gasteiger partial charge on any atom is 0.338 e. The van der Waals surface area contributed by atoms with E-state index in [0.29, 0.717) is 28.2 Å². The summed E-state index contributed by atoms with van der Waals surface area (Å²) in [4.78, 5) is 14.8. The van der Waals surface area contributed by atoms with Crippen molar-refractivity contribution in [3.63, 3.8) is 0 Å². The molecule has 0 radical (unpaired) electrons. The number of rotatable bonds is 7. The predicted octanol–water partition coefficient (Wildman–Crippen LogP) is 5.42. The Morgan fingerprint density at radius 1 is 1.00 bits per heavy atom. The van der Waals surface area contributed by atoms with Gasteiger partial charge in [-0.15, -0.1) is 0 Å². The molecule has 0 aromatic heterocycles. The third-order valence-electron chi connectivity index (χ3n) is 6.77. The van der Waals surface area contributed by atoms with Crippen LogP contribution in [0.3, 0.4) is 0 Å². The smallest absolute Gasteiger partial charge is 0.338 e. The van der Waals surface area contributed by atoms with E-state index < -0.39 is 8.32 Å². The first-order valence-electron chi connectivity index (χ1n) is 11.1. The van der Waals surface area contributed by atoms with E-state index in [-0.39, 0.29) is 18.2 Å². The van der Waals surface area contributed by atoms with Crippen molar-refractivity contribution in [3.8, 4) is 0 Å². The fourth-order valence-electron chi connectivity index (χ4n) is 5.49. The lowest BCUT2D eigenvalue weighted by atomic mass is 10.1. The Hall–Kier alpha value is -1.43. The Morgan fingerprint density at radius 2 is 1.62 bits per heavy atom. The largest absolute Gasteiger partial charge is 0.453 e. The van der Waals surface area contributed by atoms with Gasteiger partial charge in [0.2, 0.25) is 8.32 Å². The van der Waals surface area contributed by atoms with Crippen molar-refractivity contribution in [1.29, 1.82) is 0 Å². The van der Waals surface area contributed by atoms with Gasteiger partial charge in [0.25, 0.3) is 0 Å². The fourth-order valence-corrected chi connectivity index (χ4v) is 11.1. The van der Waals surface area contributed by atoms with E-state index in [9.17, 15) is 4.79 Å². The second-order valence-corrected chi connectivity index (χ2v) is 14.8. The van der Waals surface area contributed by atoms with Crippen molar-refractivity contribution in [3.05, 3.63) is 48.0 Å². The van der Waals surface area contributed by atoms with Crippen LogP contribution < -0.4 is 0 Å². The lowest BCUT2D eigenvalue weighted by Gasteiger charge is -2.45. The molecule has 0 spiro atoms. The highest BCUT2D eigenvalue weighted by Gasteiger charge is 2.49. The van der Waals surface area contributed by atoms with Crippen LogP contribution in [0.4, 0.5) is 0 Å². The number of hydrogen-bond donors (Lipinski definition) is 0. The maximum atomic E-state index is 12.4. The monoisotopic (exact) mass is 415 g/mol. The van der Waals surface area contributed by atoms with Gasteiger partial charge in [0.05, 0.1) is 17.7 Å². The molecule has 2 aliphatic heterocycles. The molecule has 2 aliphatic rings. The molecule has 3 rings (SSSR count). The third kappa shape index (κ3) is 4.52. The van der Waals surface area contributed by atoms with Crippen molar-refractivity contribution in [1.82, 2.24) is 4.90 Å². The fraction of sp³-hybridized carbons (Fsp3) is 0.625. The highest BCUT2D eigenvalue weighted by atomic mass is 28.4. The standard InChI is InChI=1S/C24H37NO3Si/c1-17(2)29(18(3)4,19(5)6)28-23-14-15-25-16-21(12-13-22(23)25)27-24(26)20-10-8-7-9-11-20/h7-13,17-19,21-23H,14-16H2,1-6H3/t21-,22+,23+/m1/s1. The normalized spacial score (nSPS) is 25.1. The Morgan fingerprint density at radius 3 is 2.21 bits per heavy atom. The number of nitrogens with zero attached hydrogens (tertiary/aromatic N) is 1. The average Bonchev–Trinajstić information content (AvgIpc) is 3.07. The number of carbonyl (C=O) groups excluding carboxylic acids is 1. The molecule has 1 saturated heterocycles. The minimum atomic E-state index is -1.90. The van der Waals surface area contributed by atoms with Crippen molar-refractivity contribution in [2.24, 2.45) is 0 Å². The van der Waals surface area contributed by atoms with Crippen molar-refractivity contribution < 1.29 is 14.0 Å². The molecule has 1 aromatic rings. The third-order valence-corrected chi connectivity index (χ3v) is 12.9. The van der Waals surface area contributed by atoms with Gasteiger partial charge in [0, 0.05) is 13.1 Å². The molecule has 2 heterocycles. The molecule has 1 fully saturated rings. The van der Waals surface area contributed by atoms with Crippen LogP contribution in [-0.2, 0) is 9.16 Å². The number of benzene rings is 1. The lowest BCUT2D eigenvalue weighted by Crippen LogP contribution is -2.53. The Labute approximate surface area is 177 Å². The lowest BCUT2D eigenvalue weighted by molar-refractivity contribution is 0.0267. The zero-order valence-electron chi connectivity index (χ0n) is 18.8. The van der Waals surface area contributed by atoms with Gasteiger partial charge in [-0.05, 0) is 41.3 Å². The van der Waals surface area contributed by atoms with Gasteiger partial charge >= 0.3 is 5.97 Å². The Bertz CT molecular complexity index is 694. The van der Waals surface area contributed by atoms with E-state index >= 15 is 0 Å². The molecule has 160 valence electrons. The molecule has 29 heavy (non-hydrogen) atoms. The molecule has 0 N–H and O–H groups in total. The summed E-state index contributed by atoms with van der Waals surface area (Å²) in [7, 11) is -1.90. The van der Waals surface area contributed by atoms with Crippen LogP contribution in [0.25, 0.3) is 0 Å². The van der Waals surface area contributed by atoms with E-state index in [4.69, 9.17) is 9.16 Å². The predicted molar refractivity (Wildman–Crippen MR) is 121 cm³/mol. The summed E-state index contributed by atoms with van der Waals surface area (Å²) in [6.45, 7) is 15.8. The first-order chi connectivity index (χ1) is 13.8. The maximum absolute atomic E-state index is 12.4. The van der Waals surface area contributed by atoms with Crippen molar-refractivity contribution in [2.45, 2.75) is 82.8 Å². The number of carbonyl (C=O) groups is 1. The second kappa shape index (κ2) is 9.15. The van der Waals surface area contributed by atoms with Gasteiger partial charge in [-0.1, -0.05) is 65.8 Å². The Balaban J connectivity index is 1.68. The first kappa shape index (κ1) is 22.3. The highest BCUT2D eigenvalue weighted by molar-refractivity contribution is 6.77. The minimum Gasteiger partial charge on any atom is -0.453 e. The molecule has 0 saturated carbocycles. The van der Waals surface area contributed by atoms with E-state index in [0.717, 1.165) is 19.5 Å². The molecule has 5 heteroatoms. The van der Waals surface area contributed by atoms with Gasteiger partial charge in [-0.2, -0.15) is 0 Å². The summed E-state index contributed by atoms with van der Waals surface area (Å²) < 4.78 is 12.8. The van der Waals surface area contributed by atoms with Crippen LogP contribution in [0.15, 0.2) is 42.5 Å². The van der Waals surface area contributed by atoms with Gasteiger partial charge in [0.1, 0.15) is 6.10 Å². The molecule has 0 unspecified atom stereocenters.